The lowest BCUT2D eigenvalue weighted by Crippen LogP contribution is -2.38. The van der Waals surface area contributed by atoms with Crippen LogP contribution in [0.5, 0.6) is 5.75 Å². The molecule has 9 nitrogen and oxygen atoms in total. The Bertz CT molecular complexity index is 1030. The molecule has 1 atom stereocenters. The van der Waals surface area contributed by atoms with Crippen LogP contribution in [0.2, 0.25) is 0 Å². The van der Waals surface area contributed by atoms with Crippen molar-refractivity contribution in [1.29, 1.82) is 0 Å². The predicted molar refractivity (Wildman–Crippen MR) is 131 cm³/mol. The number of ether oxygens (including phenoxy) is 2. The van der Waals surface area contributed by atoms with E-state index in [-0.39, 0.29) is 5.91 Å². The van der Waals surface area contributed by atoms with Crippen LogP contribution in [0.4, 0.5) is 5.82 Å². The first-order chi connectivity index (χ1) is 16.0. The van der Waals surface area contributed by atoms with Crippen LogP contribution in [-0.4, -0.2) is 63.3 Å². The molecule has 178 valence electrons. The Morgan fingerprint density at radius 2 is 1.94 bits per heavy atom. The number of benzene rings is 1. The van der Waals surface area contributed by atoms with Crippen LogP contribution in [0.1, 0.15) is 27.7 Å². The van der Waals surface area contributed by atoms with Crippen molar-refractivity contribution in [3.05, 3.63) is 36.5 Å². The Morgan fingerprint density at radius 3 is 2.67 bits per heavy atom. The number of hydrogen-bond acceptors (Lipinski definition) is 8. The van der Waals surface area contributed by atoms with Crippen LogP contribution in [0.25, 0.3) is 11.0 Å². The third-order valence-electron chi connectivity index (χ3n) is 4.61. The van der Waals surface area contributed by atoms with E-state index < -0.39 is 6.10 Å². The molecule has 0 fully saturated rings. The molecule has 3 aromatic rings. The van der Waals surface area contributed by atoms with E-state index in [1.165, 1.54) is 0 Å². The van der Waals surface area contributed by atoms with Crippen molar-refractivity contribution in [3.63, 3.8) is 0 Å². The summed E-state index contributed by atoms with van der Waals surface area (Å²) in [5.74, 6) is 1.22. The summed E-state index contributed by atoms with van der Waals surface area (Å²) >= 11 is 1.60. The van der Waals surface area contributed by atoms with Crippen molar-refractivity contribution in [3.8, 4) is 5.75 Å². The molecule has 1 amide bonds. The number of para-hydroxylation sites is 1. The lowest BCUT2D eigenvalue weighted by atomic mass is 10.3. The number of carbonyl (C=O) groups excluding carboxylic acids is 1. The minimum atomic E-state index is -0.598. The maximum Gasteiger partial charge on any atom is 0.260 e. The number of aromatic nitrogens is 4. The van der Waals surface area contributed by atoms with Crippen LogP contribution in [0, 0.1) is 0 Å². The fourth-order valence-corrected chi connectivity index (χ4v) is 3.77. The highest BCUT2D eigenvalue weighted by Crippen LogP contribution is 2.26. The summed E-state index contributed by atoms with van der Waals surface area (Å²) in [5, 5.41) is 12.6. The molecule has 0 aliphatic rings. The molecule has 33 heavy (non-hydrogen) atoms. The fourth-order valence-electron chi connectivity index (χ4n) is 3.07. The number of thioether (sulfide) groups is 1. The summed E-state index contributed by atoms with van der Waals surface area (Å²) in [6.45, 7) is 10.7. The molecule has 0 spiro atoms. The third kappa shape index (κ3) is 7.33. The molecular formula is C23H32N6O3S. The van der Waals surface area contributed by atoms with Crippen molar-refractivity contribution < 1.29 is 14.3 Å². The summed E-state index contributed by atoms with van der Waals surface area (Å²) < 4.78 is 12.9. The van der Waals surface area contributed by atoms with E-state index in [0.717, 1.165) is 16.9 Å². The maximum atomic E-state index is 12.4. The third-order valence-corrected chi connectivity index (χ3v) is 5.47. The molecule has 0 saturated carbocycles. The number of nitrogens with zero attached hydrogens (tertiary/aromatic N) is 4. The molecular weight excluding hydrogens is 440 g/mol. The van der Waals surface area contributed by atoms with Gasteiger partial charge in [0.05, 0.1) is 24.7 Å². The van der Waals surface area contributed by atoms with Gasteiger partial charge in [-0.15, -0.1) is 0 Å². The van der Waals surface area contributed by atoms with Gasteiger partial charge in [-0.1, -0.05) is 43.8 Å². The summed E-state index contributed by atoms with van der Waals surface area (Å²) in [7, 11) is 0. The molecule has 10 heteroatoms. The Morgan fingerprint density at radius 1 is 1.15 bits per heavy atom. The molecule has 2 aromatic heterocycles. The quantitative estimate of drug-likeness (QED) is 0.222. The zero-order chi connectivity index (χ0) is 23.6. The molecule has 0 radical (unpaired) electrons. The van der Waals surface area contributed by atoms with Gasteiger partial charge in [-0.25, -0.2) is 14.6 Å². The van der Waals surface area contributed by atoms with Gasteiger partial charge in [-0.2, -0.15) is 5.10 Å². The Hall–Kier alpha value is -2.85. The summed E-state index contributed by atoms with van der Waals surface area (Å²) in [4.78, 5) is 21.8. The van der Waals surface area contributed by atoms with Gasteiger partial charge >= 0.3 is 0 Å². The monoisotopic (exact) mass is 472 g/mol. The smallest absolute Gasteiger partial charge is 0.260 e. The largest absolute Gasteiger partial charge is 0.481 e. The van der Waals surface area contributed by atoms with Crippen LogP contribution in [0.15, 0.2) is 41.7 Å². The van der Waals surface area contributed by atoms with Gasteiger partial charge in [0.15, 0.2) is 16.9 Å². The zero-order valence-electron chi connectivity index (χ0n) is 19.6. The van der Waals surface area contributed by atoms with Gasteiger partial charge < -0.3 is 20.1 Å². The second kappa shape index (κ2) is 12.4. The second-order valence-electron chi connectivity index (χ2n) is 7.61. The molecule has 0 aliphatic carbocycles. The average Bonchev–Trinajstić information content (AvgIpc) is 3.20. The van der Waals surface area contributed by atoms with Gasteiger partial charge in [-0.3, -0.25) is 4.79 Å². The van der Waals surface area contributed by atoms with E-state index >= 15 is 0 Å². The van der Waals surface area contributed by atoms with Gasteiger partial charge in [-0.05, 0) is 26.0 Å². The van der Waals surface area contributed by atoms with E-state index in [1.807, 2.05) is 37.3 Å². The second-order valence-corrected chi connectivity index (χ2v) is 9.16. The van der Waals surface area contributed by atoms with E-state index in [2.05, 4.69) is 34.6 Å². The Kier molecular flexibility index (Phi) is 9.32. The standard InChI is InChI=1S/C23H32N6O3S/c1-5-31-14-12-24-20-19-15-26-29(21(19)28-23(27-20)33-16(2)3)13-11-25-22(30)17(4)32-18-9-7-6-8-10-18/h6-10,15-17H,5,11-14H2,1-4H3,(H,25,30)(H,24,27,28). The minimum absolute atomic E-state index is 0.181. The number of amides is 1. The average molecular weight is 473 g/mol. The van der Waals surface area contributed by atoms with Gasteiger partial charge in [0.2, 0.25) is 0 Å². The highest BCUT2D eigenvalue weighted by molar-refractivity contribution is 7.99. The van der Waals surface area contributed by atoms with E-state index in [9.17, 15) is 4.79 Å². The number of nitrogens with one attached hydrogen (secondary N) is 2. The number of fused-ring (bicyclic) bond motifs is 1. The molecule has 3 rings (SSSR count). The number of carbonyl (C=O) groups is 1. The number of rotatable bonds is 13. The van der Waals surface area contributed by atoms with E-state index in [0.29, 0.717) is 49.0 Å². The first-order valence-electron chi connectivity index (χ1n) is 11.2. The van der Waals surface area contributed by atoms with Crippen molar-refractivity contribution >= 4 is 34.5 Å². The van der Waals surface area contributed by atoms with Crippen molar-refractivity contribution in [2.45, 2.75) is 50.8 Å². The number of anilines is 1. The number of hydrogen-bond donors (Lipinski definition) is 2. The van der Waals surface area contributed by atoms with Crippen molar-refractivity contribution in [2.24, 2.45) is 0 Å². The lowest BCUT2D eigenvalue weighted by molar-refractivity contribution is -0.127. The highest BCUT2D eigenvalue weighted by Gasteiger charge is 2.16. The molecule has 0 saturated heterocycles. The molecule has 0 bridgehead atoms. The van der Waals surface area contributed by atoms with Crippen LogP contribution in [0.3, 0.4) is 0 Å². The SMILES string of the molecule is CCOCCNc1nc(SC(C)C)nc2c1cnn2CCNC(=O)C(C)Oc1ccccc1. The fraction of sp³-hybridized carbons (Fsp3) is 0.478. The molecule has 0 aliphatic heterocycles. The van der Waals surface area contributed by atoms with Gasteiger partial charge in [0, 0.05) is 24.9 Å². The van der Waals surface area contributed by atoms with Gasteiger partial charge in [0.25, 0.3) is 5.91 Å². The summed E-state index contributed by atoms with van der Waals surface area (Å²) in [5.41, 5.74) is 0.731. The first kappa shape index (κ1) is 24.8. The highest BCUT2D eigenvalue weighted by atomic mass is 32.2. The summed E-state index contributed by atoms with van der Waals surface area (Å²) in [6.07, 6.45) is 1.16. The maximum absolute atomic E-state index is 12.4. The Labute approximate surface area is 198 Å². The van der Waals surface area contributed by atoms with Gasteiger partial charge in [0.1, 0.15) is 11.6 Å². The van der Waals surface area contributed by atoms with Crippen molar-refractivity contribution in [2.75, 3.05) is 31.6 Å². The molecule has 1 aromatic carbocycles. The predicted octanol–water partition coefficient (Wildman–Crippen LogP) is 3.36. The molecule has 1 unspecified atom stereocenters. The van der Waals surface area contributed by atoms with E-state index in [1.54, 1.807) is 29.6 Å². The van der Waals surface area contributed by atoms with Crippen LogP contribution < -0.4 is 15.4 Å². The van der Waals surface area contributed by atoms with Crippen molar-refractivity contribution in [1.82, 2.24) is 25.1 Å². The minimum Gasteiger partial charge on any atom is -0.481 e. The van der Waals surface area contributed by atoms with Crippen LogP contribution in [-0.2, 0) is 16.1 Å². The van der Waals surface area contributed by atoms with Crippen LogP contribution >= 0.6 is 11.8 Å². The zero-order valence-corrected chi connectivity index (χ0v) is 20.4. The van der Waals surface area contributed by atoms with E-state index in [4.69, 9.17) is 14.5 Å². The molecule has 2 heterocycles. The normalized spacial score (nSPS) is 12.2. The molecule has 2 N–H and O–H groups in total. The first-order valence-corrected chi connectivity index (χ1v) is 12.1. The Balaban J connectivity index is 1.65. The summed E-state index contributed by atoms with van der Waals surface area (Å²) in [6, 6.07) is 9.30. The topological polar surface area (TPSA) is 103 Å². The lowest BCUT2D eigenvalue weighted by Gasteiger charge is -2.15.